The Hall–Kier alpha value is -2.11. The number of nitrogens with zero attached hydrogens (tertiary/aromatic N) is 2. The highest BCUT2D eigenvalue weighted by atomic mass is 16.6. The Balaban J connectivity index is 2.50. The number of rotatable bonds is 4. The van der Waals surface area contributed by atoms with Crippen LogP contribution in [0.15, 0.2) is 18.2 Å². The van der Waals surface area contributed by atoms with Crippen LogP contribution in [0.5, 0.6) is 0 Å². The van der Waals surface area contributed by atoms with Gasteiger partial charge >= 0.3 is 5.97 Å². The second-order valence-corrected chi connectivity index (χ2v) is 5.16. The van der Waals surface area contributed by atoms with Crippen LogP contribution in [0.1, 0.15) is 43.5 Å². The summed E-state index contributed by atoms with van der Waals surface area (Å²) < 4.78 is 0. The van der Waals surface area contributed by atoms with E-state index in [2.05, 4.69) is 11.8 Å². The molecule has 1 fully saturated rings. The van der Waals surface area contributed by atoms with Gasteiger partial charge in [0.1, 0.15) is 5.69 Å². The standard InChI is InChI=1S/C14H18N2O4/c1-3-11-6-4-9(2)15(11)12-7-5-10(14(17)18)8-13(12)16(19)20/h5,7-9,11H,3-4,6H2,1-2H3,(H,17,18). The van der Waals surface area contributed by atoms with Gasteiger partial charge < -0.3 is 10.0 Å². The third kappa shape index (κ3) is 2.45. The van der Waals surface area contributed by atoms with Crippen molar-refractivity contribution in [3.05, 3.63) is 33.9 Å². The minimum Gasteiger partial charge on any atom is -0.478 e. The van der Waals surface area contributed by atoms with Crippen LogP contribution in [0.2, 0.25) is 0 Å². The van der Waals surface area contributed by atoms with E-state index in [1.807, 2.05) is 6.92 Å². The van der Waals surface area contributed by atoms with Crippen LogP contribution in [-0.2, 0) is 0 Å². The Morgan fingerprint density at radius 3 is 2.75 bits per heavy atom. The molecule has 6 nitrogen and oxygen atoms in total. The third-order valence-electron chi connectivity index (χ3n) is 3.95. The molecule has 1 saturated heterocycles. The van der Waals surface area contributed by atoms with Gasteiger partial charge in [0, 0.05) is 18.2 Å². The van der Waals surface area contributed by atoms with Gasteiger partial charge in [0.05, 0.1) is 10.5 Å². The van der Waals surface area contributed by atoms with E-state index >= 15 is 0 Å². The molecule has 0 spiro atoms. The maximum atomic E-state index is 11.2. The number of nitro benzene ring substituents is 1. The Labute approximate surface area is 117 Å². The van der Waals surface area contributed by atoms with Crippen molar-refractivity contribution < 1.29 is 14.8 Å². The van der Waals surface area contributed by atoms with Crippen LogP contribution in [0.25, 0.3) is 0 Å². The van der Waals surface area contributed by atoms with Crippen LogP contribution in [0, 0.1) is 10.1 Å². The lowest BCUT2D eigenvalue weighted by molar-refractivity contribution is -0.384. The highest BCUT2D eigenvalue weighted by molar-refractivity contribution is 5.90. The average Bonchev–Trinajstić information content (AvgIpc) is 2.78. The van der Waals surface area contributed by atoms with Gasteiger partial charge in [-0.25, -0.2) is 4.79 Å². The Kier molecular flexibility index (Phi) is 3.92. The zero-order valence-electron chi connectivity index (χ0n) is 11.6. The number of hydrogen-bond donors (Lipinski definition) is 1. The molecule has 1 heterocycles. The molecule has 108 valence electrons. The molecule has 1 aliphatic rings. The van der Waals surface area contributed by atoms with Crippen molar-refractivity contribution in [2.24, 2.45) is 0 Å². The van der Waals surface area contributed by atoms with Crippen molar-refractivity contribution in [3.63, 3.8) is 0 Å². The summed E-state index contributed by atoms with van der Waals surface area (Å²) in [6.07, 6.45) is 2.92. The molecule has 1 aromatic rings. The molecule has 0 aromatic heterocycles. The van der Waals surface area contributed by atoms with Crippen molar-refractivity contribution >= 4 is 17.3 Å². The lowest BCUT2D eigenvalue weighted by Crippen LogP contribution is -2.34. The van der Waals surface area contributed by atoms with Crippen LogP contribution in [0.3, 0.4) is 0 Å². The van der Waals surface area contributed by atoms with E-state index in [4.69, 9.17) is 5.11 Å². The summed E-state index contributed by atoms with van der Waals surface area (Å²) in [5.41, 5.74) is 0.342. The molecule has 20 heavy (non-hydrogen) atoms. The Bertz CT molecular complexity index is 544. The first-order valence-corrected chi connectivity index (χ1v) is 6.75. The lowest BCUT2D eigenvalue weighted by Gasteiger charge is -2.29. The Morgan fingerprint density at radius 1 is 1.50 bits per heavy atom. The molecule has 1 N–H and O–H groups in total. The van der Waals surface area contributed by atoms with Gasteiger partial charge in [-0.15, -0.1) is 0 Å². The van der Waals surface area contributed by atoms with Crippen LogP contribution in [0.4, 0.5) is 11.4 Å². The van der Waals surface area contributed by atoms with Crippen LogP contribution < -0.4 is 4.90 Å². The van der Waals surface area contributed by atoms with E-state index in [1.54, 1.807) is 6.07 Å². The zero-order valence-corrected chi connectivity index (χ0v) is 11.6. The van der Waals surface area contributed by atoms with E-state index in [-0.39, 0.29) is 23.3 Å². The number of hydrogen-bond acceptors (Lipinski definition) is 4. The topological polar surface area (TPSA) is 83.7 Å². The van der Waals surface area contributed by atoms with E-state index < -0.39 is 10.9 Å². The largest absolute Gasteiger partial charge is 0.478 e. The van der Waals surface area contributed by atoms with E-state index in [0.29, 0.717) is 5.69 Å². The summed E-state index contributed by atoms with van der Waals surface area (Å²) in [5, 5.41) is 20.2. The molecule has 0 aliphatic carbocycles. The quantitative estimate of drug-likeness (QED) is 0.676. The SMILES string of the molecule is CCC1CCC(C)N1c1ccc(C(=O)O)cc1[N+](=O)[O-]. The normalized spacial score (nSPS) is 22.0. The highest BCUT2D eigenvalue weighted by Gasteiger charge is 2.33. The molecule has 0 bridgehead atoms. The van der Waals surface area contributed by atoms with Crippen LogP contribution >= 0.6 is 0 Å². The summed E-state index contributed by atoms with van der Waals surface area (Å²) in [6, 6.07) is 4.65. The average molecular weight is 278 g/mol. The smallest absolute Gasteiger partial charge is 0.335 e. The first kappa shape index (κ1) is 14.3. The molecule has 0 radical (unpaired) electrons. The molecule has 0 amide bonds. The van der Waals surface area contributed by atoms with E-state index in [9.17, 15) is 14.9 Å². The summed E-state index contributed by atoms with van der Waals surface area (Å²) in [7, 11) is 0. The van der Waals surface area contributed by atoms with Gasteiger partial charge in [0.15, 0.2) is 0 Å². The number of benzene rings is 1. The maximum Gasteiger partial charge on any atom is 0.335 e. The van der Waals surface area contributed by atoms with Crippen LogP contribution in [-0.4, -0.2) is 28.1 Å². The number of anilines is 1. The molecule has 2 rings (SSSR count). The van der Waals surface area contributed by atoms with Crippen molar-refractivity contribution in [2.45, 2.75) is 45.2 Å². The number of carbonyl (C=O) groups is 1. The highest BCUT2D eigenvalue weighted by Crippen LogP contribution is 2.38. The first-order valence-electron chi connectivity index (χ1n) is 6.75. The summed E-state index contributed by atoms with van der Waals surface area (Å²) in [4.78, 5) is 23.8. The number of aromatic carboxylic acids is 1. The zero-order chi connectivity index (χ0) is 14.9. The molecule has 6 heteroatoms. The molecular weight excluding hydrogens is 260 g/mol. The van der Waals surface area contributed by atoms with Gasteiger partial charge in [-0.05, 0) is 38.3 Å². The van der Waals surface area contributed by atoms with Gasteiger partial charge in [0.25, 0.3) is 5.69 Å². The van der Waals surface area contributed by atoms with Crippen molar-refractivity contribution in [2.75, 3.05) is 4.90 Å². The monoisotopic (exact) mass is 278 g/mol. The fourth-order valence-corrected chi connectivity index (χ4v) is 2.93. The summed E-state index contributed by atoms with van der Waals surface area (Å²) >= 11 is 0. The van der Waals surface area contributed by atoms with Crippen molar-refractivity contribution in [3.8, 4) is 0 Å². The second kappa shape index (κ2) is 5.48. The third-order valence-corrected chi connectivity index (χ3v) is 3.95. The van der Waals surface area contributed by atoms with E-state index in [1.165, 1.54) is 6.07 Å². The van der Waals surface area contributed by atoms with Gasteiger partial charge in [0.2, 0.25) is 0 Å². The summed E-state index contributed by atoms with van der Waals surface area (Å²) in [6.45, 7) is 4.11. The van der Waals surface area contributed by atoms with Crippen molar-refractivity contribution in [1.29, 1.82) is 0 Å². The molecular formula is C14H18N2O4. The van der Waals surface area contributed by atoms with Gasteiger partial charge in [-0.3, -0.25) is 10.1 Å². The molecule has 1 aromatic carbocycles. The minimum absolute atomic E-state index is 0.0552. The maximum absolute atomic E-state index is 11.2. The first-order chi connectivity index (χ1) is 9.45. The Morgan fingerprint density at radius 2 is 2.20 bits per heavy atom. The number of nitro groups is 1. The predicted octanol–water partition coefficient (Wildman–Crippen LogP) is 3.06. The number of carboxylic acid groups (broad SMARTS) is 1. The molecule has 2 unspecified atom stereocenters. The van der Waals surface area contributed by atoms with Crippen molar-refractivity contribution in [1.82, 2.24) is 0 Å². The minimum atomic E-state index is -1.15. The lowest BCUT2D eigenvalue weighted by atomic mass is 10.1. The number of carboxylic acids is 1. The molecule has 2 atom stereocenters. The fraction of sp³-hybridized carbons (Fsp3) is 0.500. The fourth-order valence-electron chi connectivity index (χ4n) is 2.93. The summed E-state index contributed by atoms with van der Waals surface area (Å²) in [5.74, 6) is -1.15. The van der Waals surface area contributed by atoms with E-state index in [0.717, 1.165) is 25.3 Å². The molecule has 0 saturated carbocycles. The predicted molar refractivity (Wildman–Crippen MR) is 75.3 cm³/mol. The second-order valence-electron chi connectivity index (χ2n) is 5.16. The van der Waals surface area contributed by atoms with Gasteiger partial charge in [-0.1, -0.05) is 6.92 Å². The van der Waals surface area contributed by atoms with Gasteiger partial charge in [-0.2, -0.15) is 0 Å². The molecule has 1 aliphatic heterocycles.